The van der Waals surface area contributed by atoms with Gasteiger partial charge in [-0.3, -0.25) is 4.79 Å². The van der Waals surface area contributed by atoms with Gasteiger partial charge in [-0.2, -0.15) is 13.2 Å². The predicted octanol–water partition coefficient (Wildman–Crippen LogP) is 4.93. The van der Waals surface area contributed by atoms with E-state index in [0.29, 0.717) is 10.9 Å². The highest BCUT2D eigenvalue weighted by molar-refractivity contribution is 8.00. The fraction of sp³-hybridized carbons (Fsp3) is 0.167. The summed E-state index contributed by atoms with van der Waals surface area (Å²) in [6.45, 7) is 1.91. The summed E-state index contributed by atoms with van der Waals surface area (Å²) in [6, 6.07) is 13.5. The Morgan fingerprint density at radius 2 is 1.72 bits per heavy atom. The Hall–Kier alpha value is -2.41. The van der Waals surface area contributed by atoms with E-state index in [9.17, 15) is 18.0 Å². The lowest BCUT2D eigenvalue weighted by atomic mass is 10.1. The first kappa shape index (κ1) is 17.4. The standard InChI is InChI=1S/C18H13F3N2OS/c1-11-6-8-12(9-7-11)15(24)10-25-16-13-4-2-3-5-14(13)22-17(23-16)18(19,20)21/h2-9H,10H2,1H3. The molecule has 0 amide bonds. The van der Waals surface area contributed by atoms with Gasteiger partial charge in [-0.25, -0.2) is 9.97 Å². The van der Waals surface area contributed by atoms with E-state index in [0.717, 1.165) is 17.3 Å². The number of thioether (sulfide) groups is 1. The van der Waals surface area contributed by atoms with Gasteiger partial charge in [0.05, 0.1) is 11.3 Å². The van der Waals surface area contributed by atoms with E-state index in [1.165, 1.54) is 6.07 Å². The highest BCUT2D eigenvalue weighted by atomic mass is 32.2. The molecule has 3 nitrogen and oxygen atoms in total. The van der Waals surface area contributed by atoms with Crippen LogP contribution in [0.2, 0.25) is 0 Å². The molecule has 3 aromatic rings. The minimum absolute atomic E-state index is 0.00135. The number of halogens is 3. The summed E-state index contributed by atoms with van der Waals surface area (Å²) in [5.41, 5.74) is 1.75. The monoisotopic (exact) mass is 362 g/mol. The molecule has 0 aliphatic heterocycles. The van der Waals surface area contributed by atoms with Crippen molar-refractivity contribution in [1.82, 2.24) is 9.97 Å². The van der Waals surface area contributed by atoms with Gasteiger partial charge in [0.25, 0.3) is 0 Å². The largest absolute Gasteiger partial charge is 0.451 e. The average molecular weight is 362 g/mol. The Morgan fingerprint density at radius 3 is 2.40 bits per heavy atom. The van der Waals surface area contributed by atoms with Gasteiger partial charge in [0.2, 0.25) is 5.82 Å². The molecule has 0 fully saturated rings. The summed E-state index contributed by atoms with van der Waals surface area (Å²) < 4.78 is 39.0. The number of para-hydroxylation sites is 1. The van der Waals surface area contributed by atoms with E-state index >= 15 is 0 Å². The molecule has 0 N–H and O–H groups in total. The van der Waals surface area contributed by atoms with Gasteiger partial charge in [0.1, 0.15) is 5.03 Å². The Kier molecular flexibility index (Phi) is 4.76. The maximum Gasteiger partial charge on any atom is 0.451 e. The van der Waals surface area contributed by atoms with Crippen molar-refractivity contribution in [1.29, 1.82) is 0 Å². The number of Topliss-reactive ketones (excluding diaryl/α,β-unsaturated/α-hetero) is 1. The van der Waals surface area contributed by atoms with Gasteiger partial charge >= 0.3 is 6.18 Å². The zero-order chi connectivity index (χ0) is 18.0. The van der Waals surface area contributed by atoms with Gasteiger partial charge in [0, 0.05) is 10.9 Å². The number of aromatic nitrogens is 2. The number of nitrogens with zero attached hydrogens (tertiary/aromatic N) is 2. The van der Waals surface area contributed by atoms with Crippen LogP contribution in [0.1, 0.15) is 21.7 Å². The number of fused-ring (bicyclic) bond motifs is 1. The van der Waals surface area contributed by atoms with Crippen molar-refractivity contribution in [3.8, 4) is 0 Å². The quantitative estimate of drug-likeness (QED) is 0.375. The molecule has 1 aromatic heterocycles. The third kappa shape index (κ3) is 3.99. The Bertz CT molecular complexity index is 924. The first-order valence-corrected chi connectivity index (χ1v) is 8.40. The molecular formula is C18H13F3N2OS. The van der Waals surface area contributed by atoms with Crippen molar-refractivity contribution in [2.45, 2.75) is 18.1 Å². The molecule has 7 heteroatoms. The summed E-state index contributed by atoms with van der Waals surface area (Å²) in [5.74, 6) is -1.36. The van der Waals surface area contributed by atoms with Crippen LogP contribution in [0.5, 0.6) is 0 Å². The molecule has 0 aliphatic carbocycles. The third-order valence-electron chi connectivity index (χ3n) is 3.54. The van der Waals surface area contributed by atoms with E-state index in [2.05, 4.69) is 9.97 Å². The summed E-state index contributed by atoms with van der Waals surface area (Å²) in [7, 11) is 0. The minimum atomic E-state index is -4.64. The molecule has 0 unspecified atom stereocenters. The van der Waals surface area contributed by atoms with Crippen molar-refractivity contribution in [2.24, 2.45) is 0 Å². The maximum atomic E-state index is 13.0. The molecule has 128 valence electrons. The maximum absolute atomic E-state index is 13.0. The van der Waals surface area contributed by atoms with Crippen molar-refractivity contribution in [3.63, 3.8) is 0 Å². The van der Waals surface area contributed by atoms with Crippen LogP contribution in [0.15, 0.2) is 53.6 Å². The fourth-order valence-corrected chi connectivity index (χ4v) is 3.15. The van der Waals surface area contributed by atoms with Gasteiger partial charge in [-0.15, -0.1) is 0 Å². The Labute approximate surface area is 146 Å². The molecule has 0 spiro atoms. The molecule has 0 aliphatic rings. The second-order valence-electron chi connectivity index (χ2n) is 5.45. The predicted molar refractivity (Wildman–Crippen MR) is 90.8 cm³/mol. The number of hydrogen-bond acceptors (Lipinski definition) is 4. The topological polar surface area (TPSA) is 42.9 Å². The van der Waals surface area contributed by atoms with Crippen LogP contribution in [-0.2, 0) is 6.18 Å². The zero-order valence-electron chi connectivity index (χ0n) is 13.2. The van der Waals surface area contributed by atoms with Crippen LogP contribution in [0, 0.1) is 6.92 Å². The summed E-state index contributed by atoms with van der Waals surface area (Å²) in [5, 5.41) is 0.649. The minimum Gasteiger partial charge on any atom is -0.293 e. The molecule has 1 heterocycles. The normalized spacial score (nSPS) is 11.7. The van der Waals surface area contributed by atoms with Gasteiger partial charge < -0.3 is 0 Å². The molecule has 3 rings (SSSR count). The SMILES string of the molecule is Cc1ccc(C(=O)CSc2nc(C(F)(F)F)nc3ccccc23)cc1. The molecule has 0 atom stereocenters. The van der Waals surface area contributed by atoms with E-state index < -0.39 is 12.0 Å². The van der Waals surface area contributed by atoms with Crippen LogP contribution in [0.25, 0.3) is 10.9 Å². The molecule has 0 bridgehead atoms. The van der Waals surface area contributed by atoms with Crippen LogP contribution in [0.4, 0.5) is 13.2 Å². The van der Waals surface area contributed by atoms with Crippen LogP contribution in [0.3, 0.4) is 0 Å². The fourth-order valence-electron chi connectivity index (χ4n) is 2.24. The molecular weight excluding hydrogens is 349 g/mol. The van der Waals surface area contributed by atoms with E-state index in [4.69, 9.17) is 0 Å². The van der Waals surface area contributed by atoms with E-state index in [1.54, 1.807) is 30.3 Å². The second-order valence-corrected chi connectivity index (χ2v) is 6.41. The molecule has 25 heavy (non-hydrogen) atoms. The van der Waals surface area contributed by atoms with Gasteiger partial charge in [0.15, 0.2) is 5.78 Å². The summed E-state index contributed by atoms with van der Waals surface area (Å²) in [6.07, 6.45) is -4.64. The Morgan fingerprint density at radius 1 is 1.04 bits per heavy atom. The van der Waals surface area contributed by atoms with Crippen molar-refractivity contribution in [2.75, 3.05) is 5.75 Å². The molecule has 2 aromatic carbocycles. The third-order valence-corrected chi connectivity index (χ3v) is 4.53. The smallest absolute Gasteiger partial charge is 0.293 e. The number of ketones is 1. The first-order valence-electron chi connectivity index (χ1n) is 7.41. The first-order chi connectivity index (χ1) is 11.8. The van der Waals surface area contributed by atoms with Crippen LogP contribution < -0.4 is 0 Å². The highest BCUT2D eigenvalue weighted by Crippen LogP contribution is 2.32. The number of alkyl halides is 3. The second kappa shape index (κ2) is 6.84. The zero-order valence-corrected chi connectivity index (χ0v) is 14.0. The summed E-state index contributed by atoms with van der Waals surface area (Å²) >= 11 is 0.987. The van der Waals surface area contributed by atoms with Gasteiger partial charge in [-0.1, -0.05) is 59.8 Å². The number of rotatable bonds is 4. The summed E-state index contributed by atoms with van der Waals surface area (Å²) in [4.78, 5) is 19.5. The lowest BCUT2D eigenvalue weighted by Gasteiger charge is -2.10. The van der Waals surface area contributed by atoms with Crippen molar-refractivity contribution < 1.29 is 18.0 Å². The van der Waals surface area contributed by atoms with E-state index in [1.807, 2.05) is 19.1 Å². The Balaban J connectivity index is 1.89. The van der Waals surface area contributed by atoms with Crippen molar-refractivity contribution >= 4 is 28.4 Å². The number of carbonyl (C=O) groups excluding carboxylic acids is 1. The lowest BCUT2D eigenvalue weighted by Crippen LogP contribution is -2.12. The number of aryl methyl sites for hydroxylation is 1. The average Bonchev–Trinajstić information content (AvgIpc) is 2.59. The molecule has 0 radical (unpaired) electrons. The lowest BCUT2D eigenvalue weighted by molar-refractivity contribution is -0.145. The molecule has 0 saturated carbocycles. The number of hydrogen-bond donors (Lipinski definition) is 0. The van der Waals surface area contributed by atoms with Crippen LogP contribution >= 0.6 is 11.8 Å². The highest BCUT2D eigenvalue weighted by Gasteiger charge is 2.35. The van der Waals surface area contributed by atoms with Crippen LogP contribution in [-0.4, -0.2) is 21.5 Å². The number of carbonyl (C=O) groups is 1. The van der Waals surface area contributed by atoms with Gasteiger partial charge in [-0.05, 0) is 13.0 Å². The molecule has 0 saturated heterocycles. The number of benzene rings is 2. The van der Waals surface area contributed by atoms with E-state index in [-0.39, 0.29) is 22.1 Å². The van der Waals surface area contributed by atoms with Crippen molar-refractivity contribution in [3.05, 3.63) is 65.5 Å².